The first-order valence-corrected chi connectivity index (χ1v) is 5.80. The normalized spacial score (nSPS) is 9.82. The first kappa shape index (κ1) is 13.5. The number of carbonyl (C=O) groups excluding carboxylic acids is 2. The second kappa shape index (κ2) is 6.25. The minimum Gasteiger partial charge on any atom is -0.308 e. The molecular formula is C12H15ClN2O2. The van der Waals surface area contributed by atoms with Gasteiger partial charge in [0.05, 0.1) is 0 Å². The highest BCUT2D eigenvalue weighted by molar-refractivity contribution is 6.19. The maximum absolute atomic E-state index is 11.4. The Kier molecular flexibility index (Phi) is 4.97. The zero-order valence-corrected chi connectivity index (χ0v) is 10.6. The van der Waals surface area contributed by atoms with Gasteiger partial charge in [0.15, 0.2) is 0 Å². The van der Waals surface area contributed by atoms with Gasteiger partial charge in [0, 0.05) is 18.0 Å². The Bertz CT molecular complexity index is 412. The Morgan fingerprint density at radius 2 is 1.76 bits per heavy atom. The highest BCUT2D eigenvalue weighted by Crippen LogP contribution is 2.13. The van der Waals surface area contributed by atoms with Crippen molar-refractivity contribution in [2.45, 2.75) is 20.3 Å². The number of imide groups is 1. The minimum absolute atomic E-state index is 0.127. The Hall–Kier alpha value is -1.55. The Morgan fingerprint density at radius 1 is 1.18 bits per heavy atom. The number of anilines is 1. The third-order valence-corrected chi connectivity index (χ3v) is 2.24. The largest absolute Gasteiger partial charge is 0.325 e. The van der Waals surface area contributed by atoms with E-state index in [1.165, 1.54) is 0 Å². The number of halogens is 1. The lowest BCUT2D eigenvalue weighted by Gasteiger charge is -2.08. The van der Waals surface area contributed by atoms with E-state index >= 15 is 0 Å². The number of benzene rings is 1. The fraction of sp³-hybridized carbons (Fsp3) is 0.333. The lowest BCUT2D eigenvalue weighted by atomic mass is 10.1. The lowest BCUT2D eigenvalue weighted by Crippen LogP contribution is -2.34. The van der Waals surface area contributed by atoms with Gasteiger partial charge in [-0.15, -0.1) is 11.6 Å². The molecule has 0 spiro atoms. The molecule has 5 heteroatoms. The predicted molar refractivity (Wildman–Crippen MR) is 68.4 cm³/mol. The molecule has 1 rings (SSSR count). The molecule has 0 heterocycles. The van der Waals surface area contributed by atoms with Crippen molar-refractivity contribution in [2.75, 3.05) is 11.2 Å². The number of alkyl halides is 1. The summed E-state index contributed by atoms with van der Waals surface area (Å²) in [6.45, 7) is 3.88. The molecule has 4 nitrogen and oxygen atoms in total. The summed E-state index contributed by atoms with van der Waals surface area (Å²) in [4.78, 5) is 22.6. The van der Waals surface area contributed by atoms with Crippen molar-refractivity contribution < 1.29 is 9.59 Å². The molecule has 1 aromatic carbocycles. The lowest BCUT2D eigenvalue weighted by molar-refractivity contribution is -0.119. The van der Waals surface area contributed by atoms with Gasteiger partial charge < -0.3 is 5.32 Å². The van der Waals surface area contributed by atoms with Crippen LogP contribution in [0.3, 0.4) is 0 Å². The van der Waals surface area contributed by atoms with E-state index in [2.05, 4.69) is 10.6 Å². The number of amides is 3. The molecule has 2 N–H and O–H groups in total. The van der Waals surface area contributed by atoms with Gasteiger partial charge in [0.1, 0.15) is 0 Å². The van der Waals surface area contributed by atoms with Gasteiger partial charge in [-0.05, 0) is 37.1 Å². The summed E-state index contributed by atoms with van der Waals surface area (Å²) in [6, 6.07) is 5.13. The van der Waals surface area contributed by atoms with Crippen LogP contribution in [0, 0.1) is 13.8 Å². The van der Waals surface area contributed by atoms with Crippen molar-refractivity contribution in [3.8, 4) is 0 Å². The van der Waals surface area contributed by atoms with Crippen molar-refractivity contribution in [2.24, 2.45) is 0 Å². The van der Waals surface area contributed by atoms with Crippen LogP contribution in [0.5, 0.6) is 0 Å². The number of rotatable bonds is 3. The molecule has 0 saturated heterocycles. The molecule has 0 aliphatic carbocycles. The van der Waals surface area contributed by atoms with E-state index in [1.54, 1.807) is 0 Å². The van der Waals surface area contributed by atoms with Gasteiger partial charge in [-0.2, -0.15) is 0 Å². The van der Waals surface area contributed by atoms with Crippen LogP contribution in [0.1, 0.15) is 17.5 Å². The first-order chi connectivity index (χ1) is 8.01. The third kappa shape index (κ3) is 4.87. The van der Waals surface area contributed by atoms with E-state index in [0.29, 0.717) is 5.69 Å². The monoisotopic (exact) mass is 254 g/mol. The first-order valence-electron chi connectivity index (χ1n) is 5.26. The van der Waals surface area contributed by atoms with Crippen LogP contribution in [0.25, 0.3) is 0 Å². The van der Waals surface area contributed by atoms with Crippen LogP contribution < -0.4 is 10.6 Å². The molecule has 1 aromatic rings. The maximum Gasteiger partial charge on any atom is 0.325 e. The molecule has 0 unspecified atom stereocenters. The molecule has 92 valence electrons. The van der Waals surface area contributed by atoms with Crippen LogP contribution in [0.15, 0.2) is 18.2 Å². The van der Waals surface area contributed by atoms with Crippen LogP contribution in [0.4, 0.5) is 10.5 Å². The zero-order chi connectivity index (χ0) is 12.8. The number of carbonyl (C=O) groups is 2. The molecule has 0 fully saturated rings. The third-order valence-electron chi connectivity index (χ3n) is 2.05. The van der Waals surface area contributed by atoms with Gasteiger partial charge in [-0.25, -0.2) is 4.79 Å². The topological polar surface area (TPSA) is 58.2 Å². The van der Waals surface area contributed by atoms with Crippen LogP contribution in [0.2, 0.25) is 0 Å². The van der Waals surface area contributed by atoms with Crippen LogP contribution >= 0.6 is 11.6 Å². The SMILES string of the molecule is Cc1cc(C)cc(NC(=O)NC(=O)CCCl)c1. The Labute approximate surface area is 105 Å². The van der Waals surface area contributed by atoms with E-state index in [9.17, 15) is 9.59 Å². The molecular weight excluding hydrogens is 240 g/mol. The molecule has 17 heavy (non-hydrogen) atoms. The van der Waals surface area contributed by atoms with Crippen molar-refractivity contribution >= 4 is 29.2 Å². The summed E-state index contributed by atoms with van der Waals surface area (Å²) in [5.41, 5.74) is 2.76. The summed E-state index contributed by atoms with van der Waals surface area (Å²) in [6.07, 6.45) is 0.127. The summed E-state index contributed by atoms with van der Waals surface area (Å²) in [5.74, 6) is -0.190. The summed E-state index contributed by atoms with van der Waals surface area (Å²) >= 11 is 5.39. The molecule has 0 radical (unpaired) electrons. The predicted octanol–water partition coefficient (Wildman–Crippen LogP) is 2.58. The number of hydrogen-bond acceptors (Lipinski definition) is 2. The van der Waals surface area contributed by atoms with Crippen molar-refractivity contribution in [1.82, 2.24) is 5.32 Å². The van der Waals surface area contributed by atoms with Gasteiger partial charge in [0.2, 0.25) is 5.91 Å². The fourth-order valence-corrected chi connectivity index (χ4v) is 1.66. The molecule has 3 amide bonds. The van der Waals surface area contributed by atoms with Gasteiger partial charge >= 0.3 is 6.03 Å². The number of nitrogens with one attached hydrogen (secondary N) is 2. The van der Waals surface area contributed by atoms with Crippen LogP contribution in [-0.2, 0) is 4.79 Å². The molecule has 0 saturated carbocycles. The second-order valence-corrected chi connectivity index (χ2v) is 4.20. The van der Waals surface area contributed by atoms with E-state index < -0.39 is 6.03 Å². The molecule has 0 bridgehead atoms. The van der Waals surface area contributed by atoms with E-state index in [1.807, 2.05) is 32.0 Å². The Balaban J connectivity index is 2.59. The van der Waals surface area contributed by atoms with Crippen molar-refractivity contribution in [3.63, 3.8) is 0 Å². The maximum atomic E-state index is 11.4. The molecule has 0 atom stereocenters. The average molecular weight is 255 g/mol. The molecule has 0 aliphatic rings. The fourth-order valence-electron chi connectivity index (χ4n) is 1.48. The minimum atomic E-state index is -0.537. The van der Waals surface area contributed by atoms with Gasteiger partial charge in [0.25, 0.3) is 0 Å². The standard InChI is InChI=1S/C12H15ClN2O2/c1-8-5-9(2)7-10(6-8)14-12(17)15-11(16)3-4-13/h5-7H,3-4H2,1-2H3,(H2,14,15,16,17). The zero-order valence-electron chi connectivity index (χ0n) is 9.84. The molecule has 0 aromatic heterocycles. The molecule has 0 aliphatic heterocycles. The van der Waals surface area contributed by atoms with Gasteiger partial charge in [-0.3, -0.25) is 10.1 Å². The smallest absolute Gasteiger partial charge is 0.308 e. The van der Waals surface area contributed by atoms with Crippen molar-refractivity contribution in [3.05, 3.63) is 29.3 Å². The van der Waals surface area contributed by atoms with Crippen LogP contribution in [-0.4, -0.2) is 17.8 Å². The van der Waals surface area contributed by atoms with E-state index in [-0.39, 0.29) is 18.2 Å². The van der Waals surface area contributed by atoms with Crippen molar-refractivity contribution in [1.29, 1.82) is 0 Å². The number of hydrogen-bond donors (Lipinski definition) is 2. The van der Waals surface area contributed by atoms with E-state index in [4.69, 9.17) is 11.6 Å². The summed E-state index contributed by atoms with van der Waals surface area (Å²) in [7, 11) is 0. The number of aryl methyl sites for hydroxylation is 2. The Morgan fingerprint density at radius 3 is 2.29 bits per heavy atom. The van der Waals surface area contributed by atoms with Gasteiger partial charge in [-0.1, -0.05) is 6.07 Å². The average Bonchev–Trinajstić information content (AvgIpc) is 2.14. The number of urea groups is 1. The summed E-state index contributed by atoms with van der Waals surface area (Å²) < 4.78 is 0. The van der Waals surface area contributed by atoms with E-state index in [0.717, 1.165) is 11.1 Å². The highest BCUT2D eigenvalue weighted by atomic mass is 35.5. The quantitative estimate of drug-likeness (QED) is 0.815. The second-order valence-electron chi connectivity index (χ2n) is 3.82. The summed E-state index contributed by atoms with van der Waals surface area (Å²) in [5, 5.41) is 4.79. The highest BCUT2D eigenvalue weighted by Gasteiger charge is 2.07.